The molecule has 3 nitrogen and oxygen atoms in total. The number of carbonyl (C=O) groups is 1. The van der Waals surface area contributed by atoms with Gasteiger partial charge in [-0.2, -0.15) is 0 Å². The predicted octanol–water partition coefficient (Wildman–Crippen LogP) is 2.56. The molecule has 1 atom stereocenters. The van der Waals surface area contributed by atoms with Crippen LogP contribution >= 0.6 is 0 Å². The molecule has 4 heteroatoms. The number of carboxylic acid groups (broad SMARTS) is 1. The molecule has 0 aliphatic heterocycles. The van der Waals surface area contributed by atoms with E-state index in [0.29, 0.717) is 17.9 Å². The van der Waals surface area contributed by atoms with Gasteiger partial charge in [0.1, 0.15) is 0 Å². The van der Waals surface area contributed by atoms with E-state index in [1.54, 1.807) is 12.3 Å². The van der Waals surface area contributed by atoms with Crippen molar-refractivity contribution in [1.29, 1.82) is 0 Å². The Bertz CT molecular complexity index is 490. The molecule has 0 spiro atoms. The van der Waals surface area contributed by atoms with Gasteiger partial charge < -0.3 is 5.11 Å². The van der Waals surface area contributed by atoms with Crippen molar-refractivity contribution in [2.75, 3.05) is 6.26 Å². The maximum atomic E-state index is 11.9. The molecule has 0 aromatic heterocycles. The number of rotatable bonds is 4. The van der Waals surface area contributed by atoms with Crippen LogP contribution in [-0.2, 0) is 17.2 Å². The van der Waals surface area contributed by atoms with Gasteiger partial charge in [0.15, 0.2) is 0 Å². The maximum absolute atomic E-state index is 11.9. The Morgan fingerprint density at radius 3 is 2.53 bits per heavy atom. The summed E-state index contributed by atoms with van der Waals surface area (Å²) in [6, 6.07) is 3.50. The fraction of sp³-hybridized carbons (Fsp3) is 0.462. The van der Waals surface area contributed by atoms with E-state index in [2.05, 4.69) is 0 Å². The van der Waals surface area contributed by atoms with E-state index in [0.717, 1.165) is 28.9 Å². The van der Waals surface area contributed by atoms with Crippen LogP contribution in [0.2, 0.25) is 0 Å². The molecule has 0 bridgehead atoms. The van der Waals surface area contributed by atoms with E-state index in [1.807, 2.05) is 13.0 Å². The number of hydrogen-bond acceptors (Lipinski definition) is 2. The zero-order valence-corrected chi connectivity index (χ0v) is 10.8. The summed E-state index contributed by atoms with van der Waals surface area (Å²) < 4.78 is 11.9. The molecule has 0 unspecified atom stereocenters. The van der Waals surface area contributed by atoms with Crippen LogP contribution in [0.1, 0.15) is 47.2 Å². The SMILES string of the molecule is CCc1c(C(=O)O)ccc(C2CC2)c1[S@@](C)=O. The average Bonchev–Trinajstić information content (AvgIpc) is 3.10. The second-order valence-corrected chi connectivity index (χ2v) is 5.71. The van der Waals surface area contributed by atoms with Crippen molar-refractivity contribution in [3.8, 4) is 0 Å². The first-order valence-corrected chi connectivity index (χ1v) is 7.34. The lowest BCUT2D eigenvalue weighted by Gasteiger charge is -2.14. The molecule has 1 aliphatic carbocycles. The zero-order valence-electron chi connectivity index (χ0n) is 10.0. The van der Waals surface area contributed by atoms with Gasteiger partial charge in [-0.25, -0.2) is 4.79 Å². The van der Waals surface area contributed by atoms with Crippen LogP contribution in [-0.4, -0.2) is 21.5 Å². The van der Waals surface area contributed by atoms with Crippen LogP contribution in [0.15, 0.2) is 17.0 Å². The Morgan fingerprint density at radius 1 is 1.47 bits per heavy atom. The summed E-state index contributed by atoms with van der Waals surface area (Å²) >= 11 is 0. The van der Waals surface area contributed by atoms with Gasteiger partial charge in [-0.1, -0.05) is 13.0 Å². The summed E-state index contributed by atoms with van der Waals surface area (Å²) in [7, 11) is -1.12. The number of carboxylic acids is 1. The van der Waals surface area contributed by atoms with Crippen molar-refractivity contribution in [2.24, 2.45) is 0 Å². The molecule has 0 amide bonds. The third kappa shape index (κ3) is 2.27. The predicted molar refractivity (Wildman–Crippen MR) is 67.1 cm³/mol. The molecular weight excluding hydrogens is 236 g/mol. The van der Waals surface area contributed by atoms with Crippen molar-refractivity contribution in [3.63, 3.8) is 0 Å². The first-order valence-electron chi connectivity index (χ1n) is 5.78. The summed E-state index contributed by atoms with van der Waals surface area (Å²) in [4.78, 5) is 11.9. The highest BCUT2D eigenvalue weighted by Crippen LogP contribution is 2.43. The molecule has 1 aliphatic rings. The summed E-state index contributed by atoms with van der Waals surface area (Å²) in [5.74, 6) is -0.446. The van der Waals surface area contributed by atoms with Crippen LogP contribution < -0.4 is 0 Å². The van der Waals surface area contributed by atoms with Crippen molar-refractivity contribution < 1.29 is 14.1 Å². The first kappa shape index (κ1) is 12.3. The molecule has 0 saturated heterocycles. The minimum Gasteiger partial charge on any atom is -0.478 e. The van der Waals surface area contributed by atoms with Gasteiger partial charge in [0.05, 0.1) is 16.4 Å². The molecule has 0 heterocycles. The standard InChI is InChI=1S/C13H16O3S/c1-3-9-11(13(14)15)7-6-10(8-4-5-8)12(9)17(2)16/h6-8H,3-5H2,1-2H3,(H,14,15)/t17-/m1/s1. The Kier molecular flexibility index (Phi) is 3.33. The van der Waals surface area contributed by atoms with Crippen LogP contribution in [0.5, 0.6) is 0 Å². The highest BCUT2D eigenvalue weighted by Gasteiger charge is 2.29. The molecular formula is C13H16O3S. The van der Waals surface area contributed by atoms with E-state index in [9.17, 15) is 9.00 Å². The van der Waals surface area contributed by atoms with Gasteiger partial charge in [0, 0.05) is 11.2 Å². The fourth-order valence-corrected chi connectivity index (χ4v) is 3.42. The topological polar surface area (TPSA) is 54.4 Å². The van der Waals surface area contributed by atoms with E-state index in [4.69, 9.17) is 5.11 Å². The van der Waals surface area contributed by atoms with Gasteiger partial charge in [0.2, 0.25) is 0 Å². The normalized spacial score (nSPS) is 16.8. The minimum atomic E-state index is -1.12. The second-order valence-electron chi connectivity index (χ2n) is 4.40. The highest BCUT2D eigenvalue weighted by atomic mass is 32.2. The number of aromatic carboxylic acids is 1. The van der Waals surface area contributed by atoms with Gasteiger partial charge >= 0.3 is 5.97 Å². The molecule has 2 rings (SSSR count). The lowest BCUT2D eigenvalue weighted by atomic mass is 9.99. The zero-order chi connectivity index (χ0) is 12.6. The van der Waals surface area contributed by atoms with E-state index >= 15 is 0 Å². The summed E-state index contributed by atoms with van der Waals surface area (Å²) in [6.45, 7) is 1.91. The highest BCUT2D eigenvalue weighted by molar-refractivity contribution is 7.84. The molecule has 17 heavy (non-hydrogen) atoms. The van der Waals surface area contributed by atoms with Gasteiger partial charge in [-0.05, 0) is 42.4 Å². The van der Waals surface area contributed by atoms with Crippen LogP contribution in [0.25, 0.3) is 0 Å². The number of benzene rings is 1. The quantitative estimate of drug-likeness (QED) is 0.896. The first-order chi connectivity index (χ1) is 8.06. The average molecular weight is 252 g/mol. The lowest BCUT2D eigenvalue weighted by Crippen LogP contribution is -2.08. The van der Waals surface area contributed by atoms with Crippen LogP contribution in [0.3, 0.4) is 0 Å². The van der Waals surface area contributed by atoms with E-state index in [1.165, 1.54) is 0 Å². The van der Waals surface area contributed by atoms with Gasteiger partial charge in [0.25, 0.3) is 0 Å². The molecule has 92 valence electrons. The Labute approximate surface area is 103 Å². The molecule has 1 aromatic rings. The largest absolute Gasteiger partial charge is 0.478 e. The smallest absolute Gasteiger partial charge is 0.336 e. The van der Waals surface area contributed by atoms with Crippen molar-refractivity contribution in [3.05, 3.63) is 28.8 Å². The van der Waals surface area contributed by atoms with E-state index < -0.39 is 16.8 Å². The van der Waals surface area contributed by atoms with Crippen molar-refractivity contribution in [1.82, 2.24) is 0 Å². The van der Waals surface area contributed by atoms with Gasteiger partial charge in [-0.3, -0.25) is 4.21 Å². The molecule has 1 N–H and O–H groups in total. The van der Waals surface area contributed by atoms with Crippen LogP contribution in [0, 0.1) is 0 Å². The second kappa shape index (κ2) is 4.61. The summed E-state index contributed by atoms with van der Waals surface area (Å²) in [6.07, 6.45) is 4.49. The summed E-state index contributed by atoms with van der Waals surface area (Å²) in [5.41, 5.74) is 2.12. The Hall–Kier alpha value is -1.16. The fourth-order valence-electron chi connectivity index (χ4n) is 2.25. The Balaban J connectivity index is 2.65. The minimum absolute atomic E-state index is 0.294. The van der Waals surface area contributed by atoms with Gasteiger partial charge in [-0.15, -0.1) is 0 Å². The molecule has 1 saturated carbocycles. The lowest BCUT2D eigenvalue weighted by molar-refractivity contribution is 0.0695. The summed E-state index contributed by atoms with van der Waals surface area (Å²) in [5, 5.41) is 9.15. The Morgan fingerprint density at radius 2 is 2.12 bits per heavy atom. The van der Waals surface area contributed by atoms with Crippen molar-refractivity contribution >= 4 is 16.8 Å². The number of hydrogen-bond donors (Lipinski definition) is 1. The van der Waals surface area contributed by atoms with Crippen LogP contribution in [0.4, 0.5) is 0 Å². The molecule has 1 fully saturated rings. The maximum Gasteiger partial charge on any atom is 0.336 e. The third-order valence-corrected chi connectivity index (χ3v) is 4.24. The van der Waals surface area contributed by atoms with E-state index in [-0.39, 0.29) is 0 Å². The monoisotopic (exact) mass is 252 g/mol. The van der Waals surface area contributed by atoms with Crippen molar-refractivity contribution in [2.45, 2.75) is 37.0 Å². The molecule has 1 aromatic carbocycles. The molecule has 0 radical (unpaired) electrons. The third-order valence-electron chi connectivity index (χ3n) is 3.18.